The van der Waals surface area contributed by atoms with E-state index in [4.69, 9.17) is 11.6 Å². The molecule has 0 N–H and O–H groups in total. The second-order valence-electron chi connectivity index (χ2n) is 1.22. The van der Waals surface area contributed by atoms with Gasteiger partial charge in [-0.3, -0.25) is 0 Å². The van der Waals surface area contributed by atoms with Crippen LogP contribution < -0.4 is 17.0 Å². The zero-order chi connectivity index (χ0) is 5.11. The van der Waals surface area contributed by atoms with Gasteiger partial charge in [0.25, 0.3) is 0 Å². The fourth-order valence-electron chi connectivity index (χ4n) is 0.371. The molecular formula is C6H5BrCl2Mg. The normalized spacial score (nSPS) is 6.10. The molecule has 1 aromatic rings. The third-order valence-electron chi connectivity index (χ3n) is 0.669. The van der Waals surface area contributed by atoms with Crippen LogP contribution in [-0.4, -0.2) is 23.1 Å². The summed E-state index contributed by atoms with van der Waals surface area (Å²) >= 11 is 5.51. The van der Waals surface area contributed by atoms with Crippen molar-refractivity contribution in [1.82, 2.24) is 0 Å². The summed E-state index contributed by atoms with van der Waals surface area (Å²) in [5.74, 6) is 0. The van der Waals surface area contributed by atoms with Gasteiger partial charge in [-0.25, -0.2) is 0 Å². The smallest absolute Gasteiger partial charge is 1.00 e. The zero-order valence-electron chi connectivity index (χ0n) is 5.18. The zero-order valence-corrected chi connectivity index (χ0v) is 9.75. The molecule has 0 unspecified atom stereocenters. The Balaban J connectivity index is -0.000000163. The van der Waals surface area contributed by atoms with Crippen molar-refractivity contribution in [2.45, 2.75) is 0 Å². The Labute approximate surface area is 98.7 Å². The van der Waals surface area contributed by atoms with Gasteiger partial charge in [0, 0.05) is 0 Å². The van der Waals surface area contributed by atoms with Crippen LogP contribution in [0.1, 0.15) is 0 Å². The van der Waals surface area contributed by atoms with Crippen LogP contribution in [-0.2, 0) is 0 Å². The first-order valence-corrected chi connectivity index (χ1v) is 2.39. The van der Waals surface area contributed by atoms with Gasteiger partial charge < -0.3 is 17.0 Å². The quantitative estimate of drug-likeness (QED) is 0.418. The Kier molecular flexibility index (Phi) is 17.3. The minimum absolute atomic E-state index is 0. The van der Waals surface area contributed by atoms with Gasteiger partial charge in [0.2, 0.25) is 0 Å². The summed E-state index contributed by atoms with van der Waals surface area (Å²) < 4.78 is 0. The molecule has 0 aliphatic heterocycles. The average molecular weight is 252 g/mol. The van der Waals surface area contributed by atoms with E-state index in [2.05, 4.69) is 6.07 Å². The monoisotopic (exact) mass is 250 g/mol. The van der Waals surface area contributed by atoms with Gasteiger partial charge >= 0.3 is 23.1 Å². The molecular weight excluding hydrogens is 247 g/mol. The molecule has 0 amide bonds. The van der Waals surface area contributed by atoms with Crippen LogP contribution >= 0.6 is 24.0 Å². The number of hydrogen-bond donors (Lipinski definition) is 0. The van der Waals surface area contributed by atoms with Crippen molar-refractivity contribution in [3.63, 3.8) is 0 Å². The van der Waals surface area contributed by atoms with Crippen LogP contribution in [0.25, 0.3) is 0 Å². The Bertz CT molecular complexity index is 146. The predicted octanol–water partition coefficient (Wildman–Crippen LogP) is -0.815. The van der Waals surface area contributed by atoms with Crippen molar-refractivity contribution in [2.75, 3.05) is 0 Å². The van der Waals surface area contributed by atoms with Crippen LogP contribution in [0, 0.1) is 6.07 Å². The molecule has 10 heavy (non-hydrogen) atoms. The minimum atomic E-state index is 0. The molecule has 1 aromatic carbocycles. The molecule has 0 saturated heterocycles. The second-order valence-corrected chi connectivity index (χ2v) is 1.66. The first-order valence-electron chi connectivity index (χ1n) is 2.01. The standard InChI is InChI=1S/C6H4Cl.BrH.ClH.Mg/c7-6-4-2-1-3-5-6;;;/h1-2,4-5H;2*1H;/q-1;;;+2/p-1. The molecule has 0 atom stereocenters. The Morgan fingerprint density at radius 2 is 2.00 bits per heavy atom. The van der Waals surface area contributed by atoms with Gasteiger partial charge in [-0.2, -0.15) is 41.9 Å². The van der Waals surface area contributed by atoms with Gasteiger partial charge in [-0.1, -0.05) is 5.02 Å². The molecule has 0 radical (unpaired) electrons. The van der Waals surface area contributed by atoms with E-state index in [1.54, 1.807) is 6.07 Å². The largest absolute Gasteiger partial charge is 2.00 e. The maximum Gasteiger partial charge on any atom is 2.00 e. The van der Waals surface area contributed by atoms with Crippen molar-refractivity contribution in [1.29, 1.82) is 0 Å². The number of rotatable bonds is 0. The fraction of sp³-hybridized carbons (Fsp3) is 0. The first-order chi connectivity index (χ1) is 3.39. The molecule has 0 aliphatic rings. The predicted molar refractivity (Wildman–Crippen MR) is 43.3 cm³/mol. The van der Waals surface area contributed by atoms with E-state index in [0.717, 1.165) is 5.02 Å². The van der Waals surface area contributed by atoms with Crippen molar-refractivity contribution in [3.05, 3.63) is 35.4 Å². The van der Waals surface area contributed by atoms with Crippen molar-refractivity contribution in [2.24, 2.45) is 0 Å². The Morgan fingerprint density at radius 1 is 1.40 bits per heavy atom. The van der Waals surface area contributed by atoms with Crippen LogP contribution in [0.2, 0.25) is 5.02 Å². The van der Waals surface area contributed by atoms with Gasteiger partial charge in [0.15, 0.2) is 0 Å². The van der Waals surface area contributed by atoms with Crippen molar-refractivity contribution in [3.8, 4) is 0 Å². The first kappa shape index (κ1) is 17.2. The van der Waals surface area contributed by atoms with E-state index >= 15 is 0 Å². The van der Waals surface area contributed by atoms with E-state index in [9.17, 15) is 0 Å². The number of hydrogen-bond acceptors (Lipinski definition) is 0. The number of halogens is 3. The second kappa shape index (κ2) is 10.0. The third-order valence-corrected chi connectivity index (χ3v) is 0.904. The summed E-state index contributed by atoms with van der Waals surface area (Å²) in [6.07, 6.45) is 0. The molecule has 0 spiro atoms. The molecule has 0 nitrogen and oxygen atoms in total. The average Bonchev–Trinajstić information content (AvgIpc) is 1.69. The van der Waals surface area contributed by atoms with Crippen molar-refractivity contribution >= 4 is 47.1 Å². The number of benzene rings is 1. The van der Waals surface area contributed by atoms with E-state index in [1.807, 2.05) is 18.2 Å². The summed E-state index contributed by atoms with van der Waals surface area (Å²) in [7, 11) is 0. The minimum Gasteiger partial charge on any atom is -1.00 e. The molecule has 0 saturated carbocycles. The SMILES string of the molecule is Cl.Clc1c[c-]ccc1.[Br-].[Mg+2]. The summed E-state index contributed by atoms with van der Waals surface area (Å²) in [6, 6.07) is 10.0. The molecule has 0 aliphatic carbocycles. The van der Waals surface area contributed by atoms with Gasteiger partial charge in [-0.05, 0) is 0 Å². The summed E-state index contributed by atoms with van der Waals surface area (Å²) in [6.45, 7) is 0. The van der Waals surface area contributed by atoms with Gasteiger partial charge in [0.05, 0.1) is 0 Å². The van der Waals surface area contributed by atoms with Crippen molar-refractivity contribution < 1.29 is 17.0 Å². The molecule has 0 fully saturated rings. The maximum absolute atomic E-state index is 5.51. The summed E-state index contributed by atoms with van der Waals surface area (Å²) in [5.41, 5.74) is 0. The topological polar surface area (TPSA) is 0 Å². The van der Waals surface area contributed by atoms with Crippen LogP contribution in [0.4, 0.5) is 0 Å². The molecule has 0 bridgehead atoms. The van der Waals surface area contributed by atoms with Crippen LogP contribution in [0.3, 0.4) is 0 Å². The molecule has 4 heteroatoms. The van der Waals surface area contributed by atoms with Crippen LogP contribution in [0.5, 0.6) is 0 Å². The third kappa shape index (κ3) is 7.16. The van der Waals surface area contributed by atoms with E-state index < -0.39 is 0 Å². The molecule has 0 heterocycles. The van der Waals surface area contributed by atoms with Gasteiger partial charge in [0.1, 0.15) is 0 Å². The molecule has 52 valence electrons. The molecule has 0 aromatic heterocycles. The van der Waals surface area contributed by atoms with E-state index in [-0.39, 0.29) is 52.4 Å². The van der Waals surface area contributed by atoms with E-state index in [0.29, 0.717) is 0 Å². The van der Waals surface area contributed by atoms with E-state index in [1.165, 1.54) is 0 Å². The van der Waals surface area contributed by atoms with Gasteiger partial charge in [-0.15, -0.1) is 12.4 Å². The molecule has 1 rings (SSSR count). The maximum atomic E-state index is 5.51. The Morgan fingerprint density at radius 3 is 2.20 bits per heavy atom. The summed E-state index contributed by atoms with van der Waals surface area (Å²) in [4.78, 5) is 0. The fourth-order valence-corrected chi connectivity index (χ4v) is 0.507. The Hall–Kier alpha value is 1.05. The van der Waals surface area contributed by atoms with Crippen LogP contribution in [0.15, 0.2) is 24.3 Å². The summed E-state index contributed by atoms with van der Waals surface area (Å²) in [5, 5.41) is 0.738.